The van der Waals surface area contributed by atoms with Crippen LogP contribution in [0.3, 0.4) is 0 Å². The van der Waals surface area contributed by atoms with Gasteiger partial charge in [0.2, 0.25) is 17.7 Å². The van der Waals surface area contributed by atoms with Gasteiger partial charge in [0.15, 0.2) is 0 Å². The minimum atomic E-state index is -0.257. The van der Waals surface area contributed by atoms with Gasteiger partial charge in [0.05, 0.1) is 18.5 Å². The zero-order chi connectivity index (χ0) is 19.4. The van der Waals surface area contributed by atoms with Crippen molar-refractivity contribution in [3.8, 4) is 23.1 Å². The molecule has 0 bridgehead atoms. The molecule has 1 amide bonds. The first-order valence-electron chi connectivity index (χ1n) is 8.49. The number of aliphatic hydroxyl groups is 1. The molecule has 0 aromatic carbocycles. The van der Waals surface area contributed by atoms with E-state index < -0.39 is 0 Å². The average molecular weight is 371 g/mol. The number of rotatable bonds is 7. The van der Waals surface area contributed by atoms with Crippen LogP contribution in [-0.2, 0) is 11.3 Å². The van der Waals surface area contributed by atoms with E-state index in [9.17, 15) is 9.90 Å². The molecule has 3 heterocycles. The van der Waals surface area contributed by atoms with Crippen LogP contribution in [0, 0.1) is 0 Å². The number of nitrogens with zero attached hydrogens (tertiary/aromatic N) is 6. The highest BCUT2D eigenvalue weighted by Crippen LogP contribution is 2.33. The van der Waals surface area contributed by atoms with Crippen LogP contribution in [0.2, 0.25) is 0 Å². The molecule has 0 saturated carbocycles. The number of aromatic nitrogens is 6. The molecular weight excluding hydrogens is 350 g/mol. The predicted molar refractivity (Wildman–Crippen MR) is 96.2 cm³/mol. The summed E-state index contributed by atoms with van der Waals surface area (Å²) in [6.45, 7) is 3.96. The lowest BCUT2D eigenvalue weighted by molar-refractivity contribution is -0.122. The number of hydrogen-bond acceptors (Lipinski definition) is 7. The second-order valence-electron chi connectivity index (χ2n) is 6.23. The van der Waals surface area contributed by atoms with Gasteiger partial charge in [-0.3, -0.25) is 14.0 Å². The van der Waals surface area contributed by atoms with E-state index in [1.54, 1.807) is 35.7 Å². The fraction of sp³-hybridized carbons (Fsp3) is 0.353. The number of amides is 1. The number of nitrogens with one attached hydrogen (secondary N) is 1. The topological polar surface area (TPSA) is 131 Å². The number of carbonyl (C=O) groups excluding carboxylic acids is 1. The van der Waals surface area contributed by atoms with Crippen LogP contribution in [0.4, 0.5) is 0 Å². The van der Waals surface area contributed by atoms with Gasteiger partial charge in [-0.1, -0.05) is 13.8 Å². The van der Waals surface area contributed by atoms with Gasteiger partial charge in [-0.25, -0.2) is 9.97 Å². The molecule has 0 atom stereocenters. The summed E-state index contributed by atoms with van der Waals surface area (Å²) in [5.74, 6) is -0.0922. The van der Waals surface area contributed by atoms with E-state index in [0.29, 0.717) is 16.8 Å². The van der Waals surface area contributed by atoms with E-state index >= 15 is 0 Å². The van der Waals surface area contributed by atoms with Gasteiger partial charge in [-0.15, -0.1) is 0 Å². The molecule has 0 fully saturated rings. The molecule has 0 aliphatic heterocycles. The Bertz CT molecular complexity index is 919. The van der Waals surface area contributed by atoms with E-state index in [4.69, 9.17) is 5.11 Å². The molecule has 3 N–H and O–H groups in total. The third-order valence-corrected chi connectivity index (χ3v) is 3.87. The van der Waals surface area contributed by atoms with E-state index in [0.717, 1.165) is 0 Å². The Kier molecular flexibility index (Phi) is 5.46. The van der Waals surface area contributed by atoms with Crippen molar-refractivity contribution in [2.75, 3.05) is 13.2 Å². The van der Waals surface area contributed by atoms with Crippen molar-refractivity contribution in [1.29, 1.82) is 0 Å². The highest BCUT2D eigenvalue weighted by atomic mass is 16.3. The lowest BCUT2D eigenvalue weighted by atomic mass is 9.99. The standard InChI is InChI=1S/C17H21N7O3/c1-11(2)14-15(21-17(22-16(14)27)23-5-3-18-10-23)12-7-20-24(8-12)9-13(26)19-4-6-25/h3,5,7-8,10-11,25H,4,6,9H2,1-2H3,(H,19,26)(H,21,22,27). The van der Waals surface area contributed by atoms with Crippen molar-refractivity contribution in [2.24, 2.45) is 0 Å². The Morgan fingerprint density at radius 2 is 2.15 bits per heavy atom. The Morgan fingerprint density at radius 3 is 2.81 bits per heavy atom. The SMILES string of the molecule is CC(C)c1c(O)nc(-n2ccnc2)nc1-c1cnn(CC(=O)NCCO)c1. The summed E-state index contributed by atoms with van der Waals surface area (Å²) in [6.07, 6.45) is 8.10. The van der Waals surface area contributed by atoms with Gasteiger partial charge < -0.3 is 15.5 Å². The first-order valence-corrected chi connectivity index (χ1v) is 8.49. The van der Waals surface area contributed by atoms with E-state index in [1.807, 2.05) is 13.8 Å². The van der Waals surface area contributed by atoms with Crippen LogP contribution < -0.4 is 5.32 Å². The van der Waals surface area contributed by atoms with Gasteiger partial charge in [-0.05, 0) is 5.92 Å². The average Bonchev–Trinajstić information content (AvgIpc) is 3.30. The van der Waals surface area contributed by atoms with Crippen LogP contribution in [0.1, 0.15) is 25.3 Å². The molecule has 0 saturated heterocycles. The van der Waals surface area contributed by atoms with Crippen molar-refractivity contribution in [3.05, 3.63) is 36.7 Å². The smallest absolute Gasteiger partial charge is 0.241 e. The number of hydrogen-bond donors (Lipinski definition) is 3. The molecule has 3 rings (SSSR count). The molecular formula is C17H21N7O3. The Morgan fingerprint density at radius 1 is 1.33 bits per heavy atom. The summed E-state index contributed by atoms with van der Waals surface area (Å²) in [5, 5.41) is 26.0. The van der Waals surface area contributed by atoms with Gasteiger partial charge in [0.25, 0.3) is 0 Å². The van der Waals surface area contributed by atoms with Crippen LogP contribution in [0.5, 0.6) is 5.88 Å². The van der Waals surface area contributed by atoms with Crippen LogP contribution >= 0.6 is 0 Å². The minimum Gasteiger partial charge on any atom is -0.493 e. The zero-order valence-corrected chi connectivity index (χ0v) is 15.1. The summed E-state index contributed by atoms with van der Waals surface area (Å²) >= 11 is 0. The van der Waals surface area contributed by atoms with Gasteiger partial charge >= 0.3 is 0 Å². The summed E-state index contributed by atoms with van der Waals surface area (Å²) in [7, 11) is 0. The largest absolute Gasteiger partial charge is 0.493 e. The number of aliphatic hydroxyl groups excluding tert-OH is 1. The highest BCUT2D eigenvalue weighted by Gasteiger charge is 2.20. The number of imidazole rings is 1. The van der Waals surface area contributed by atoms with Gasteiger partial charge in [0, 0.05) is 36.3 Å². The molecule has 0 aliphatic rings. The maximum atomic E-state index is 11.8. The maximum absolute atomic E-state index is 11.8. The monoisotopic (exact) mass is 371 g/mol. The third kappa shape index (κ3) is 4.11. The first-order chi connectivity index (χ1) is 13.0. The molecule has 0 spiro atoms. The van der Waals surface area contributed by atoms with Crippen molar-refractivity contribution in [2.45, 2.75) is 26.3 Å². The molecule has 3 aromatic rings. The first kappa shape index (κ1) is 18.5. The van der Waals surface area contributed by atoms with E-state index in [-0.39, 0.29) is 43.3 Å². The summed E-state index contributed by atoms with van der Waals surface area (Å²) in [5.41, 5.74) is 1.80. The van der Waals surface area contributed by atoms with Crippen molar-refractivity contribution in [3.63, 3.8) is 0 Å². The Labute approximate surface area is 155 Å². The van der Waals surface area contributed by atoms with E-state index in [1.165, 1.54) is 4.68 Å². The molecule has 27 heavy (non-hydrogen) atoms. The minimum absolute atomic E-state index is 0.0163. The summed E-state index contributed by atoms with van der Waals surface area (Å²) in [4.78, 5) is 24.5. The fourth-order valence-corrected chi connectivity index (χ4v) is 2.66. The van der Waals surface area contributed by atoms with Crippen LogP contribution in [0.15, 0.2) is 31.1 Å². The lowest BCUT2D eigenvalue weighted by Crippen LogP contribution is -2.30. The van der Waals surface area contributed by atoms with Crippen molar-refractivity contribution >= 4 is 5.91 Å². The third-order valence-electron chi connectivity index (χ3n) is 3.87. The summed E-state index contributed by atoms with van der Waals surface area (Å²) < 4.78 is 3.07. The molecule has 10 heteroatoms. The number of carbonyl (C=O) groups is 1. The lowest BCUT2D eigenvalue weighted by Gasteiger charge is -2.14. The van der Waals surface area contributed by atoms with Crippen molar-refractivity contribution < 1.29 is 15.0 Å². The molecule has 10 nitrogen and oxygen atoms in total. The maximum Gasteiger partial charge on any atom is 0.241 e. The Hall–Kier alpha value is -3.27. The van der Waals surface area contributed by atoms with E-state index in [2.05, 4.69) is 25.4 Å². The molecule has 0 unspecified atom stereocenters. The quantitative estimate of drug-likeness (QED) is 0.550. The van der Waals surface area contributed by atoms with Crippen LogP contribution in [-0.4, -0.2) is 58.6 Å². The van der Waals surface area contributed by atoms with Crippen molar-refractivity contribution in [1.82, 2.24) is 34.6 Å². The molecule has 142 valence electrons. The van der Waals surface area contributed by atoms with Crippen LogP contribution in [0.25, 0.3) is 17.2 Å². The zero-order valence-electron chi connectivity index (χ0n) is 15.1. The molecule has 3 aromatic heterocycles. The number of aromatic hydroxyl groups is 1. The molecule has 0 aliphatic carbocycles. The fourth-order valence-electron chi connectivity index (χ4n) is 2.66. The normalized spacial score (nSPS) is 11.1. The summed E-state index contributed by atoms with van der Waals surface area (Å²) in [6, 6.07) is 0. The highest BCUT2D eigenvalue weighted by molar-refractivity contribution is 5.75. The van der Waals surface area contributed by atoms with Gasteiger partial charge in [-0.2, -0.15) is 10.1 Å². The second-order valence-corrected chi connectivity index (χ2v) is 6.23. The predicted octanol–water partition coefficient (Wildman–Crippen LogP) is 0.463. The Balaban J connectivity index is 1.96. The van der Waals surface area contributed by atoms with Gasteiger partial charge in [0.1, 0.15) is 12.9 Å². The molecule has 0 radical (unpaired) electrons. The second kappa shape index (κ2) is 7.96.